The van der Waals surface area contributed by atoms with Gasteiger partial charge in [0.25, 0.3) is 0 Å². The maximum atomic E-state index is 13.4. The Morgan fingerprint density at radius 2 is 1.05 bits per heavy atom. The number of nitrogen functional groups attached to an aromatic ring is 1. The minimum absolute atomic E-state index is 0.0381. The summed E-state index contributed by atoms with van der Waals surface area (Å²) in [6.45, 7) is 14.0. The largest absolute Gasteiger partial charge is 0.399 e. The van der Waals surface area contributed by atoms with E-state index in [0.29, 0.717) is 43.0 Å². The first-order chi connectivity index (χ1) is 40.4. The van der Waals surface area contributed by atoms with Crippen LogP contribution in [0.1, 0.15) is 82.6 Å². The minimum atomic E-state index is -0.500. The van der Waals surface area contributed by atoms with Crippen LogP contribution in [0, 0.1) is 24.7 Å². The van der Waals surface area contributed by atoms with Crippen molar-refractivity contribution in [2.24, 2.45) is 0 Å². The molecule has 0 saturated carbocycles. The second kappa shape index (κ2) is 37.0. The minimum Gasteiger partial charge on any atom is -0.399 e. The van der Waals surface area contributed by atoms with Crippen molar-refractivity contribution in [2.45, 2.75) is 85.2 Å². The molecule has 0 aliphatic carbocycles. The Labute approximate surface area is 509 Å². The first kappa shape index (κ1) is 68.1. The number of alkyl halides is 2. The van der Waals surface area contributed by atoms with Crippen molar-refractivity contribution >= 4 is 103 Å². The molecule has 7 aromatic rings. The van der Waals surface area contributed by atoms with Crippen LogP contribution in [0.5, 0.6) is 0 Å². The Balaban J connectivity index is 0.000000348. The Kier molecular flexibility index (Phi) is 30.0. The maximum absolute atomic E-state index is 13.4. The summed E-state index contributed by atoms with van der Waals surface area (Å²) in [4.78, 5) is 81.9. The van der Waals surface area contributed by atoms with Crippen LogP contribution in [-0.4, -0.2) is 105 Å². The zero-order valence-electron chi connectivity index (χ0n) is 48.3. The molecule has 0 radical (unpaired) electrons. The number of benzene rings is 6. The number of rotatable bonds is 13. The number of hydrogen-bond acceptors (Lipinski definition) is 8. The number of terminal acetylenes is 2. The van der Waals surface area contributed by atoms with Crippen molar-refractivity contribution in [3.05, 3.63) is 180 Å². The molecule has 0 unspecified atom stereocenters. The number of anilines is 4. The molecule has 0 spiro atoms. The van der Waals surface area contributed by atoms with Crippen LogP contribution in [-0.2, 0) is 41.6 Å². The summed E-state index contributed by atoms with van der Waals surface area (Å²) >= 11 is 14.2. The summed E-state index contributed by atoms with van der Waals surface area (Å²) in [5.74, 6) is 4.44. The van der Waals surface area contributed by atoms with E-state index in [2.05, 4.69) is 70.0 Å². The summed E-state index contributed by atoms with van der Waals surface area (Å²) < 4.78 is 0. The summed E-state index contributed by atoms with van der Waals surface area (Å²) in [5.41, 5.74) is 14.3. The van der Waals surface area contributed by atoms with Crippen LogP contribution < -0.4 is 21.7 Å². The van der Waals surface area contributed by atoms with Crippen molar-refractivity contribution in [1.29, 1.82) is 0 Å². The normalized spacial score (nSPS) is 13.6. The highest BCUT2D eigenvalue weighted by molar-refractivity contribution is 6.62. The molecule has 84 heavy (non-hydrogen) atoms. The molecule has 6 aromatic carbocycles. The lowest BCUT2D eigenvalue weighted by Crippen LogP contribution is -2.43. The van der Waals surface area contributed by atoms with E-state index >= 15 is 0 Å². The van der Waals surface area contributed by atoms with Gasteiger partial charge in [0.1, 0.15) is 12.1 Å². The van der Waals surface area contributed by atoms with E-state index in [0.717, 1.165) is 62.9 Å². The summed E-state index contributed by atoms with van der Waals surface area (Å²) in [6, 6.07) is 48.0. The van der Waals surface area contributed by atoms with E-state index in [9.17, 15) is 28.8 Å². The molecule has 1 aromatic heterocycles. The third-order valence-electron chi connectivity index (χ3n) is 13.2. The van der Waals surface area contributed by atoms with Crippen molar-refractivity contribution in [3.63, 3.8) is 0 Å². The fraction of sp³-hybridized carbons (Fsp3) is 0.284. The third kappa shape index (κ3) is 23.5. The van der Waals surface area contributed by atoms with Crippen molar-refractivity contribution in [3.8, 4) is 35.9 Å². The number of halogens is 3. The zero-order chi connectivity index (χ0) is 61.4. The zero-order valence-corrected chi connectivity index (χ0v) is 50.6. The van der Waals surface area contributed by atoms with E-state index in [1.807, 2.05) is 127 Å². The molecule has 6 N–H and O–H groups in total. The monoisotopic (exact) mass is 1190 g/mol. The number of nitrogens with one attached hydrogen (secondary N) is 4. The van der Waals surface area contributed by atoms with Crippen molar-refractivity contribution in [2.75, 3.05) is 59.7 Å². The smallest absolute Gasteiger partial charge is 0.247 e. The standard InChI is InChI=1S/C40H39N5O4.C10H9NO.C8H7N.C6H15N.C2H3ClO.CH2Cl2/c46-37(22-27-10-3-1-4-11-27)44-20-8-16-35(44)39(48)41-31-15-7-14-29(24-31)33-25-30-18-19-32(26-34(30)43-33)42-40(49)36-17-9-21-45(36)38(47)23-28-12-5-2-6-13-28;1-3-9-5-4-6-10(7-9)11-8(2)12;1-2-7-4-3-5-8(9)6-7;1-4-7(5-2)6-3;1-2(3)4;2-1-3/h1-7,10-15,18-19,24-26,35-36,43H,8-9,16-17,20-23H2,(H,41,48)(H,42,49);1,4-7H,2H3,(H,11,12);1,3-6H,9H2;4-6H2,1-3H3;1H3;1H2/t35-,36+;;;;;/m1...../s1. The summed E-state index contributed by atoms with van der Waals surface area (Å²) in [7, 11) is 0. The van der Waals surface area contributed by atoms with Gasteiger partial charge in [-0.1, -0.05) is 124 Å². The molecule has 17 heteroatoms. The van der Waals surface area contributed by atoms with Gasteiger partial charge in [0.15, 0.2) is 0 Å². The van der Waals surface area contributed by atoms with Gasteiger partial charge in [-0.05, 0) is 135 Å². The number of H-pyrrole nitrogens is 1. The molecule has 0 bridgehead atoms. The molecule has 2 aliphatic rings. The lowest BCUT2D eigenvalue weighted by molar-refractivity contribution is -0.136. The number of likely N-dealkylation sites (tertiary alicyclic amines) is 2. The second-order valence-electron chi connectivity index (χ2n) is 19.2. The predicted octanol–water partition coefficient (Wildman–Crippen LogP) is 12.6. The third-order valence-corrected chi connectivity index (χ3v) is 13.2. The van der Waals surface area contributed by atoms with Gasteiger partial charge in [-0.15, -0.1) is 36.0 Å². The van der Waals surface area contributed by atoms with Crippen molar-refractivity contribution < 1.29 is 28.8 Å². The fourth-order valence-corrected chi connectivity index (χ4v) is 9.18. The van der Waals surface area contributed by atoms with E-state index in [1.165, 1.54) is 33.5 Å². The highest BCUT2D eigenvalue weighted by Gasteiger charge is 2.35. The molecule has 440 valence electrons. The Morgan fingerprint density at radius 3 is 1.49 bits per heavy atom. The highest BCUT2D eigenvalue weighted by Crippen LogP contribution is 2.30. The van der Waals surface area contributed by atoms with Gasteiger partial charge >= 0.3 is 0 Å². The number of aromatic amines is 1. The average Bonchev–Trinajstić information content (AvgIpc) is 4.44. The summed E-state index contributed by atoms with van der Waals surface area (Å²) in [5, 5.41) is 9.52. The van der Waals surface area contributed by atoms with Crippen molar-refractivity contribution in [1.82, 2.24) is 19.7 Å². The van der Waals surface area contributed by atoms with Crippen LogP contribution in [0.4, 0.5) is 22.7 Å². The van der Waals surface area contributed by atoms with Gasteiger partial charge in [0.2, 0.25) is 34.8 Å². The number of hydrogen-bond donors (Lipinski definition) is 5. The van der Waals surface area contributed by atoms with Gasteiger partial charge in [0.05, 0.1) is 18.2 Å². The lowest BCUT2D eigenvalue weighted by Gasteiger charge is -2.24. The quantitative estimate of drug-likeness (QED) is 0.0326. The van der Waals surface area contributed by atoms with Gasteiger partial charge < -0.3 is 41.4 Å². The van der Waals surface area contributed by atoms with Crippen LogP contribution in [0.25, 0.3) is 22.2 Å². The van der Waals surface area contributed by atoms with Crippen LogP contribution >= 0.6 is 34.8 Å². The topological polar surface area (TPSA) is 190 Å². The molecule has 3 heterocycles. The van der Waals surface area contributed by atoms with Crippen LogP contribution in [0.15, 0.2) is 158 Å². The number of carbonyl (C=O) groups excluding carboxylic acids is 6. The van der Waals surface area contributed by atoms with Gasteiger partial charge in [-0.25, -0.2) is 0 Å². The Bertz CT molecular complexity index is 3310. The van der Waals surface area contributed by atoms with Crippen LogP contribution in [0.2, 0.25) is 0 Å². The Hall–Kier alpha value is -8.37. The van der Waals surface area contributed by atoms with Gasteiger partial charge in [-0.2, -0.15) is 0 Å². The SMILES string of the molecule is C#Cc1cccc(N)c1.C#Cc1cccc(NC(C)=O)c1.CC(=O)Cl.CCN(CC)CC.ClCCl.O=C(Nc1cccc(-c2cc3ccc(NC(=O)[C@@H]4CCCN4C(=O)Cc4ccccc4)cc3[nH]2)c1)[C@H]1CCCN1C(=O)Cc1ccccc1. The molecule has 9 rings (SSSR count). The number of amides is 5. The molecular weight excluding hydrogens is 1120 g/mol. The van der Waals surface area contributed by atoms with E-state index in [-0.39, 0.29) is 53.0 Å². The Morgan fingerprint density at radius 1 is 0.595 bits per heavy atom. The first-order valence-corrected chi connectivity index (χ1v) is 29.1. The number of nitrogens with two attached hydrogens (primary N) is 1. The first-order valence-electron chi connectivity index (χ1n) is 27.6. The molecule has 2 atom stereocenters. The molecule has 5 amide bonds. The number of nitrogens with zero attached hydrogens (tertiary/aromatic N) is 3. The fourth-order valence-electron chi connectivity index (χ4n) is 9.18. The summed E-state index contributed by atoms with van der Waals surface area (Å²) in [6.07, 6.45) is 13.7. The van der Waals surface area contributed by atoms with Gasteiger partial charge in [0, 0.05) is 83.0 Å². The number of fused-ring (bicyclic) bond motifs is 1. The van der Waals surface area contributed by atoms with Gasteiger partial charge in [-0.3, -0.25) is 28.8 Å². The predicted molar refractivity (Wildman–Crippen MR) is 345 cm³/mol. The number of carbonyl (C=O) groups is 6. The maximum Gasteiger partial charge on any atom is 0.247 e. The number of aromatic nitrogens is 1. The lowest BCUT2D eigenvalue weighted by atomic mass is 10.1. The van der Waals surface area contributed by atoms with E-state index in [1.54, 1.807) is 40.1 Å². The van der Waals surface area contributed by atoms with E-state index in [4.69, 9.17) is 41.8 Å². The second-order valence-corrected chi connectivity index (χ2v) is 20.6. The molecule has 14 nitrogen and oxygen atoms in total. The molecule has 2 aliphatic heterocycles. The highest BCUT2D eigenvalue weighted by atomic mass is 35.5. The molecule has 2 saturated heterocycles. The van der Waals surface area contributed by atoms with Crippen LogP contribution in [0.3, 0.4) is 0 Å². The van der Waals surface area contributed by atoms with E-state index < -0.39 is 12.1 Å². The molecular formula is C67H75Cl3N8O6. The average molecular weight is 1190 g/mol. The molecule has 2 fully saturated rings.